The molecule has 0 aromatic heterocycles. The summed E-state index contributed by atoms with van der Waals surface area (Å²) >= 11 is 0. The summed E-state index contributed by atoms with van der Waals surface area (Å²) in [5.74, 6) is -0.0842. The Labute approximate surface area is 118 Å². The molecule has 1 amide bonds. The first-order chi connectivity index (χ1) is 9.57. The van der Waals surface area contributed by atoms with Crippen molar-refractivity contribution in [2.45, 2.75) is 50.1 Å². The lowest BCUT2D eigenvalue weighted by Gasteiger charge is -2.39. The van der Waals surface area contributed by atoms with Gasteiger partial charge in [-0.2, -0.15) is 0 Å². The monoisotopic (exact) mass is 276 g/mol. The predicted molar refractivity (Wildman–Crippen MR) is 75.5 cm³/mol. The van der Waals surface area contributed by atoms with Crippen molar-refractivity contribution >= 4 is 5.91 Å². The summed E-state index contributed by atoms with van der Waals surface area (Å²) in [6.45, 7) is 0.789. The minimum absolute atomic E-state index is 0.0896. The second-order valence-electron chi connectivity index (χ2n) is 6.19. The molecule has 1 aromatic carbocycles. The second kappa shape index (κ2) is 5.17. The van der Waals surface area contributed by atoms with E-state index in [0.29, 0.717) is 6.42 Å². The van der Waals surface area contributed by atoms with Gasteiger partial charge >= 0.3 is 0 Å². The highest BCUT2D eigenvalue weighted by atomic mass is 19.1. The number of hydrogen-bond acceptors (Lipinski definition) is 2. The van der Waals surface area contributed by atoms with E-state index in [2.05, 4.69) is 0 Å². The van der Waals surface area contributed by atoms with Gasteiger partial charge in [0.1, 0.15) is 5.82 Å². The van der Waals surface area contributed by atoms with Gasteiger partial charge in [0.2, 0.25) is 5.91 Å². The molecule has 1 aromatic rings. The molecule has 2 N–H and O–H groups in total. The third-order valence-corrected chi connectivity index (χ3v) is 4.68. The molecule has 1 aliphatic heterocycles. The van der Waals surface area contributed by atoms with Crippen molar-refractivity contribution < 1.29 is 9.18 Å². The van der Waals surface area contributed by atoms with E-state index in [4.69, 9.17) is 5.73 Å². The molecule has 4 heteroatoms. The Morgan fingerprint density at radius 3 is 2.60 bits per heavy atom. The highest BCUT2D eigenvalue weighted by Gasteiger charge is 2.38. The molecule has 1 saturated heterocycles. The molecule has 1 heterocycles. The van der Waals surface area contributed by atoms with Crippen LogP contribution in [0.4, 0.5) is 4.39 Å². The Morgan fingerprint density at radius 2 is 2.00 bits per heavy atom. The molecule has 2 aliphatic rings. The van der Waals surface area contributed by atoms with Crippen LogP contribution in [0, 0.1) is 5.82 Å². The van der Waals surface area contributed by atoms with E-state index in [1.807, 2.05) is 4.90 Å². The van der Waals surface area contributed by atoms with Crippen LogP contribution >= 0.6 is 0 Å². The molecule has 2 fully saturated rings. The van der Waals surface area contributed by atoms with Crippen LogP contribution in [-0.4, -0.2) is 22.9 Å². The van der Waals surface area contributed by atoms with Crippen molar-refractivity contribution in [3.63, 3.8) is 0 Å². The van der Waals surface area contributed by atoms with Crippen LogP contribution in [0.1, 0.15) is 50.1 Å². The molecule has 0 radical (unpaired) electrons. The van der Waals surface area contributed by atoms with E-state index in [1.165, 1.54) is 12.1 Å². The summed E-state index contributed by atoms with van der Waals surface area (Å²) in [7, 11) is 0. The average molecular weight is 276 g/mol. The molecule has 20 heavy (non-hydrogen) atoms. The van der Waals surface area contributed by atoms with Crippen molar-refractivity contribution in [1.82, 2.24) is 4.90 Å². The zero-order chi connectivity index (χ0) is 14.2. The van der Waals surface area contributed by atoms with E-state index >= 15 is 0 Å². The molecular weight excluding hydrogens is 255 g/mol. The molecule has 1 saturated carbocycles. The van der Waals surface area contributed by atoms with Gasteiger partial charge in [0.15, 0.2) is 0 Å². The maximum atomic E-state index is 13.0. The molecule has 1 atom stereocenters. The van der Waals surface area contributed by atoms with E-state index in [0.717, 1.165) is 44.2 Å². The van der Waals surface area contributed by atoms with Gasteiger partial charge in [-0.15, -0.1) is 0 Å². The summed E-state index contributed by atoms with van der Waals surface area (Å²) in [4.78, 5) is 14.4. The molecular formula is C16H21FN2O. The fourth-order valence-corrected chi connectivity index (χ4v) is 3.31. The molecule has 3 rings (SSSR count). The minimum atomic E-state index is -0.271. The lowest BCUT2D eigenvalue weighted by atomic mass is 9.75. The number of nitrogens with two attached hydrogens (primary N) is 1. The highest BCUT2D eigenvalue weighted by molar-refractivity contribution is 5.78. The lowest BCUT2D eigenvalue weighted by molar-refractivity contribution is -0.134. The van der Waals surface area contributed by atoms with Gasteiger partial charge in [-0.05, 0) is 49.8 Å². The first-order valence-corrected chi connectivity index (χ1v) is 7.41. The van der Waals surface area contributed by atoms with Gasteiger partial charge in [-0.25, -0.2) is 4.39 Å². The average Bonchev–Trinajstić information content (AvgIpc) is 2.87. The molecule has 1 unspecified atom stereocenters. The van der Waals surface area contributed by atoms with E-state index in [9.17, 15) is 9.18 Å². The Hall–Kier alpha value is -1.42. The molecule has 0 bridgehead atoms. The largest absolute Gasteiger partial charge is 0.336 e. The number of amides is 1. The molecule has 0 spiro atoms. The number of halogens is 1. The first-order valence-electron chi connectivity index (χ1n) is 7.41. The van der Waals surface area contributed by atoms with Gasteiger partial charge in [-0.3, -0.25) is 4.79 Å². The third kappa shape index (κ3) is 2.57. The molecule has 108 valence electrons. The van der Waals surface area contributed by atoms with E-state index in [-0.39, 0.29) is 23.3 Å². The zero-order valence-corrected chi connectivity index (χ0v) is 11.6. The lowest BCUT2D eigenvalue weighted by Crippen LogP contribution is -2.50. The number of rotatable bonds is 3. The number of nitrogens with zero attached hydrogens (tertiary/aromatic N) is 1. The summed E-state index contributed by atoms with van der Waals surface area (Å²) in [6.07, 6.45) is 5.44. The Kier molecular flexibility index (Phi) is 3.50. The Balaban J connectivity index is 1.71. The van der Waals surface area contributed by atoms with Gasteiger partial charge < -0.3 is 10.6 Å². The highest BCUT2D eigenvalue weighted by Crippen LogP contribution is 2.36. The number of hydrogen-bond donors (Lipinski definition) is 1. The SMILES string of the molecule is NC1(CC(=O)N2CCCC2c2ccc(F)cc2)CCC1. The first kappa shape index (κ1) is 13.6. The zero-order valence-electron chi connectivity index (χ0n) is 11.6. The van der Waals surface area contributed by atoms with E-state index in [1.54, 1.807) is 12.1 Å². The Morgan fingerprint density at radius 1 is 1.30 bits per heavy atom. The van der Waals surface area contributed by atoms with Gasteiger partial charge in [0.25, 0.3) is 0 Å². The molecule has 1 aliphatic carbocycles. The topological polar surface area (TPSA) is 46.3 Å². The number of carbonyl (C=O) groups is 1. The van der Waals surface area contributed by atoms with Gasteiger partial charge in [0, 0.05) is 18.5 Å². The van der Waals surface area contributed by atoms with Crippen LogP contribution in [-0.2, 0) is 4.79 Å². The summed E-state index contributed by atoms with van der Waals surface area (Å²) in [5, 5.41) is 0. The van der Waals surface area contributed by atoms with Crippen LogP contribution in [0.2, 0.25) is 0 Å². The van der Waals surface area contributed by atoms with Crippen molar-refractivity contribution in [2.24, 2.45) is 5.73 Å². The van der Waals surface area contributed by atoms with Gasteiger partial charge in [0.05, 0.1) is 6.04 Å². The van der Waals surface area contributed by atoms with Crippen LogP contribution in [0.25, 0.3) is 0 Å². The summed E-state index contributed by atoms with van der Waals surface area (Å²) < 4.78 is 13.0. The smallest absolute Gasteiger partial charge is 0.224 e. The van der Waals surface area contributed by atoms with Crippen LogP contribution in [0.5, 0.6) is 0 Å². The van der Waals surface area contributed by atoms with Crippen molar-refractivity contribution in [3.8, 4) is 0 Å². The van der Waals surface area contributed by atoms with Crippen LogP contribution in [0.15, 0.2) is 24.3 Å². The number of benzene rings is 1. The number of carbonyl (C=O) groups excluding carboxylic acids is 1. The Bertz CT molecular complexity index is 496. The van der Waals surface area contributed by atoms with Gasteiger partial charge in [-0.1, -0.05) is 12.1 Å². The second-order valence-corrected chi connectivity index (χ2v) is 6.19. The quantitative estimate of drug-likeness (QED) is 0.922. The van der Waals surface area contributed by atoms with Crippen LogP contribution < -0.4 is 5.73 Å². The fourth-order valence-electron chi connectivity index (χ4n) is 3.31. The minimum Gasteiger partial charge on any atom is -0.336 e. The third-order valence-electron chi connectivity index (χ3n) is 4.68. The fraction of sp³-hybridized carbons (Fsp3) is 0.562. The maximum Gasteiger partial charge on any atom is 0.224 e. The standard InChI is InChI=1S/C16H21FN2O/c17-13-6-4-12(5-7-13)14-3-1-10-19(14)15(20)11-16(18)8-2-9-16/h4-7,14H,1-3,8-11,18H2. The predicted octanol–water partition coefficient (Wildman–Crippen LogP) is 2.76. The van der Waals surface area contributed by atoms with Crippen LogP contribution in [0.3, 0.4) is 0 Å². The molecule has 3 nitrogen and oxygen atoms in total. The number of likely N-dealkylation sites (tertiary alicyclic amines) is 1. The summed E-state index contributed by atoms with van der Waals surface area (Å²) in [5.41, 5.74) is 6.93. The summed E-state index contributed by atoms with van der Waals surface area (Å²) in [6, 6.07) is 6.59. The maximum absolute atomic E-state index is 13.0. The normalized spacial score (nSPS) is 24.5. The van der Waals surface area contributed by atoms with Crippen molar-refractivity contribution in [1.29, 1.82) is 0 Å². The van der Waals surface area contributed by atoms with Crippen molar-refractivity contribution in [2.75, 3.05) is 6.54 Å². The van der Waals surface area contributed by atoms with E-state index < -0.39 is 0 Å². The van der Waals surface area contributed by atoms with Crippen molar-refractivity contribution in [3.05, 3.63) is 35.6 Å².